The molecule has 0 saturated carbocycles. The highest BCUT2D eigenvalue weighted by Crippen LogP contribution is 2.29. The molecule has 0 fully saturated rings. The third kappa shape index (κ3) is 2.72. The van der Waals surface area contributed by atoms with Crippen molar-refractivity contribution in [2.45, 2.75) is 17.0 Å². The molecule has 16 heavy (non-hydrogen) atoms. The fourth-order valence-corrected chi connectivity index (χ4v) is 2.25. The van der Waals surface area contributed by atoms with E-state index in [0.29, 0.717) is 5.15 Å². The second-order valence-corrected chi connectivity index (χ2v) is 5.29. The Bertz CT molecular complexity index is 504. The van der Waals surface area contributed by atoms with Gasteiger partial charge in [-0.1, -0.05) is 11.6 Å². The van der Waals surface area contributed by atoms with Crippen LogP contribution in [0, 0.1) is 6.92 Å². The van der Waals surface area contributed by atoms with E-state index in [1.54, 1.807) is 6.20 Å². The second kappa shape index (κ2) is 5.12. The number of nitrogens with zero attached hydrogens (tertiary/aromatic N) is 3. The second-order valence-electron chi connectivity index (χ2n) is 3.01. The summed E-state index contributed by atoms with van der Waals surface area (Å²) in [5, 5.41) is 2.19. The Hall–Kier alpha value is -0.650. The minimum Gasteiger partial charge on any atom is -0.248 e. The van der Waals surface area contributed by atoms with Crippen LogP contribution < -0.4 is 0 Å². The van der Waals surface area contributed by atoms with E-state index >= 15 is 0 Å². The summed E-state index contributed by atoms with van der Waals surface area (Å²) >= 11 is 10.7. The molecule has 2 aromatic rings. The van der Waals surface area contributed by atoms with Crippen molar-refractivity contribution in [2.75, 3.05) is 0 Å². The normalized spacial score (nSPS) is 10.4. The van der Waals surface area contributed by atoms with Gasteiger partial charge in [0, 0.05) is 16.2 Å². The number of hydrogen-bond acceptors (Lipinski definition) is 4. The zero-order chi connectivity index (χ0) is 11.5. The smallest absolute Gasteiger partial charge is 0.136 e. The van der Waals surface area contributed by atoms with E-state index in [0.717, 1.165) is 20.1 Å². The zero-order valence-corrected chi connectivity index (χ0v) is 11.5. The topological polar surface area (TPSA) is 38.7 Å². The van der Waals surface area contributed by atoms with E-state index in [1.165, 1.54) is 18.1 Å². The van der Waals surface area contributed by atoms with Gasteiger partial charge in [-0.15, -0.1) is 0 Å². The molecular weight excluding hydrogens is 310 g/mol. The summed E-state index contributed by atoms with van der Waals surface area (Å²) in [4.78, 5) is 12.3. The van der Waals surface area contributed by atoms with Gasteiger partial charge in [0.1, 0.15) is 21.5 Å². The van der Waals surface area contributed by atoms with E-state index in [9.17, 15) is 0 Å². The molecule has 6 heteroatoms. The van der Waals surface area contributed by atoms with Crippen molar-refractivity contribution in [3.8, 4) is 0 Å². The Balaban J connectivity index is 2.27. The van der Waals surface area contributed by atoms with E-state index in [2.05, 4.69) is 30.9 Å². The molecule has 0 N–H and O–H groups in total. The summed E-state index contributed by atoms with van der Waals surface area (Å²) in [6.07, 6.45) is 3.21. The molecule has 0 aliphatic carbocycles. The quantitative estimate of drug-likeness (QED) is 0.791. The van der Waals surface area contributed by atoms with Crippen molar-refractivity contribution in [1.29, 1.82) is 0 Å². The predicted octanol–water partition coefficient (Wildman–Crippen LogP) is 3.75. The summed E-state index contributed by atoms with van der Waals surface area (Å²) in [6.45, 7) is 1.89. The molecule has 0 aliphatic heterocycles. The lowest BCUT2D eigenvalue weighted by Gasteiger charge is -2.04. The average molecular weight is 317 g/mol. The van der Waals surface area contributed by atoms with Gasteiger partial charge < -0.3 is 0 Å². The zero-order valence-electron chi connectivity index (χ0n) is 8.32. The maximum atomic E-state index is 5.91. The molecule has 0 aliphatic rings. The molecular formula is C10H7BrClN3S. The van der Waals surface area contributed by atoms with Crippen molar-refractivity contribution in [3.05, 3.63) is 39.8 Å². The first-order chi connectivity index (χ1) is 7.66. The highest BCUT2D eigenvalue weighted by atomic mass is 79.9. The summed E-state index contributed by atoms with van der Waals surface area (Å²) in [6, 6.07) is 3.86. The van der Waals surface area contributed by atoms with Gasteiger partial charge in [-0.3, -0.25) is 0 Å². The standard InChI is InChI=1S/C10H7BrClN3S/c1-6-9(12)14-5-15-10(6)16-8-3-2-7(11)4-13-8/h2-5H,1H3. The van der Waals surface area contributed by atoms with Gasteiger partial charge in [0.15, 0.2) is 0 Å². The predicted molar refractivity (Wildman–Crippen MR) is 67.8 cm³/mol. The lowest BCUT2D eigenvalue weighted by molar-refractivity contribution is 0.996. The summed E-state index contributed by atoms with van der Waals surface area (Å²) in [5.41, 5.74) is 0.874. The SMILES string of the molecule is Cc1c(Cl)ncnc1Sc1ccc(Br)cn1. The van der Waals surface area contributed by atoms with Crippen LogP contribution in [0.5, 0.6) is 0 Å². The fraction of sp³-hybridized carbons (Fsp3) is 0.100. The lowest BCUT2D eigenvalue weighted by Crippen LogP contribution is -1.90. The number of aromatic nitrogens is 3. The Kier molecular flexibility index (Phi) is 3.78. The molecule has 3 nitrogen and oxygen atoms in total. The van der Waals surface area contributed by atoms with Crippen molar-refractivity contribution < 1.29 is 0 Å². The summed E-state index contributed by atoms with van der Waals surface area (Å²) in [5.74, 6) is 0. The molecule has 0 spiro atoms. The van der Waals surface area contributed by atoms with Crippen molar-refractivity contribution >= 4 is 39.3 Å². The molecule has 2 heterocycles. The van der Waals surface area contributed by atoms with Crippen molar-refractivity contribution in [2.24, 2.45) is 0 Å². The summed E-state index contributed by atoms with van der Waals surface area (Å²) < 4.78 is 0.953. The van der Waals surface area contributed by atoms with Crippen LogP contribution in [-0.4, -0.2) is 15.0 Å². The number of halogens is 2. The van der Waals surface area contributed by atoms with Gasteiger partial charge in [-0.2, -0.15) is 0 Å². The van der Waals surface area contributed by atoms with Gasteiger partial charge >= 0.3 is 0 Å². The molecule has 2 rings (SSSR count). The van der Waals surface area contributed by atoms with Crippen LogP contribution in [0.4, 0.5) is 0 Å². The molecule has 2 aromatic heterocycles. The first-order valence-electron chi connectivity index (χ1n) is 4.43. The minimum atomic E-state index is 0.481. The van der Waals surface area contributed by atoms with Gasteiger partial charge in [-0.05, 0) is 46.7 Å². The third-order valence-electron chi connectivity index (χ3n) is 1.88. The first kappa shape index (κ1) is 11.8. The van der Waals surface area contributed by atoms with E-state index < -0.39 is 0 Å². The van der Waals surface area contributed by atoms with Crippen LogP contribution >= 0.6 is 39.3 Å². The Morgan fingerprint density at radius 1 is 1.25 bits per heavy atom. The Morgan fingerprint density at radius 2 is 2.06 bits per heavy atom. The van der Waals surface area contributed by atoms with Gasteiger partial charge in [0.2, 0.25) is 0 Å². The largest absolute Gasteiger partial charge is 0.248 e. The Morgan fingerprint density at radius 3 is 2.75 bits per heavy atom. The van der Waals surface area contributed by atoms with Crippen LogP contribution in [0.1, 0.15) is 5.56 Å². The third-order valence-corrected chi connectivity index (χ3v) is 3.78. The fourth-order valence-electron chi connectivity index (χ4n) is 1.04. The molecule has 82 valence electrons. The maximum Gasteiger partial charge on any atom is 0.136 e. The molecule has 0 radical (unpaired) electrons. The van der Waals surface area contributed by atoms with Crippen LogP contribution in [-0.2, 0) is 0 Å². The van der Waals surface area contributed by atoms with E-state index in [4.69, 9.17) is 11.6 Å². The molecule has 0 atom stereocenters. The monoisotopic (exact) mass is 315 g/mol. The van der Waals surface area contributed by atoms with Crippen LogP contribution in [0.25, 0.3) is 0 Å². The number of rotatable bonds is 2. The Labute approximate surface area is 111 Å². The molecule has 0 aromatic carbocycles. The first-order valence-corrected chi connectivity index (χ1v) is 6.42. The van der Waals surface area contributed by atoms with Crippen LogP contribution in [0.2, 0.25) is 5.15 Å². The number of pyridine rings is 1. The molecule has 0 unspecified atom stereocenters. The minimum absolute atomic E-state index is 0.481. The van der Waals surface area contributed by atoms with Gasteiger partial charge in [0.25, 0.3) is 0 Å². The van der Waals surface area contributed by atoms with Gasteiger partial charge in [0.05, 0.1) is 0 Å². The maximum absolute atomic E-state index is 5.91. The molecule has 0 saturated heterocycles. The number of hydrogen-bond donors (Lipinski definition) is 0. The van der Waals surface area contributed by atoms with Gasteiger partial charge in [-0.25, -0.2) is 15.0 Å². The molecule has 0 amide bonds. The van der Waals surface area contributed by atoms with Crippen LogP contribution in [0.3, 0.4) is 0 Å². The molecule has 0 bridgehead atoms. The average Bonchev–Trinajstić information content (AvgIpc) is 2.28. The van der Waals surface area contributed by atoms with E-state index in [-0.39, 0.29) is 0 Å². The lowest BCUT2D eigenvalue weighted by atomic mass is 10.4. The summed E-state index contributed by atoms with van der Waals surface area (Å²) in [7, 11) is 0. The highest BCUT2D eigenvalue weighted by molar-refractivity contribution is 9.10. The van der Waals surface area contributed by atoms with Crippen molar-refractivity contribution in [3.63, 3.8) is 0 Å². The highest BCUT2D eigenvalue weighted by Gasteiger charge is 2.07. The van der Waals surface area contributed by atoms with Crippen molar-refractivity contribution in [1.82, 2.24) is 15.0 Å². The van der Waals surface area contributed by atoms with E-state index in [1.807, 2.05) is 19.1 Å². The van der Waals surface area contributed by atoms with Crippen LogP contribution in [0.15, 0.2) is 39.2 Å².